The quantitative estimate of drug-likeness (QED) is 0.738. The van der Waals surface area contributed by atoms with Crippen LogP contribution in [0.5, 0.6) is 0 Å². The molecule has 0 atom stereocenters. The van der Waals surface area contributed by atoms with Crippen molar-refractivity contribution in [1.29, 1.82) is 5.26 Å². The van der Waals surface area contributed by atoms with E-state index >= 15 is 0 Å². The van der Waals surface area contributed by atoms with Gasteiger partial charge in [-0.1, -0.05) is 11.6 Å². The fourth-order valence-electron chi connectivity index (χ4n) is 2.18. The molecule has 0 amide bonds. The monoisotopic (exact) mass is 321 g/mol. The van der Waals surface area contributed by atoms with Crippen LogP contribution >= 0.6 is 35.1 Å². The van der Waals surface area contributed by atoms with Crippen LogP contribution in [0.3, 0.4) is 0 Å². The van der Waals surface area contributed by atoms with Gasteiger partial charge in [0.15, 0.2) is 5.56 Å². The number of hydrogen-bond acceptors (Lipinski definition) is 5. The summed E-state index contributed by atoms with van der Waals surface area (Å²) in [6, 6.07) is 7.46. The van der Waals surface area contributed by atoms with Crippen LogP contribution < -0.4 is 5.63 Å². The van der Waals surface area contributed by atoms with Crippen LogP contribution in [-0.2, 0) is 5.75 Å². The molecule has 0 bridgehead atoms. The predicted octanol–water partition coefficient (Wildman–Crippen LogP) is 4.16. The Kier molecular flexibility index (Phi) is 3.55. The van der Waals surface area contributed by atoms with Crippen LogP contribution in [0.4, 0.5) is 0 Å². The molecule has 0 saturated heterocycles. The molecule has 0 spiro atoms. The zero-order chi connectivity index (χ0) is 14.3. The number of fused-ring (bicyclic) bond motifs is 3. The lowest BCUT2D eigenvalue weighted by atomic mass is 10.1. The fraction of sp³-hybridized carbons (Fsp3) is 0.143. The Labute approximate surface area is 128 Å². The Hall–Kier alpha value is -1.35. The Morgan fingerprint density at radius 2 is 2.30 bits per heavy atom. The van der Waals surface area contributed by atoms with E-state index in [9.17, 15) is 4.79 Å². The number of rotatable bonds is 1. The molecule has 100 valence electrons. The number of halogens is 1. The van der Waals surface area contributed by atoms with Gasteiger partial charge in [0.25, 0.3) is 0 Å². The summed E-state index contributed by atoms with van der Waals surface area (Å²) in [4.78, 5) is 13.7. The number of nitrogens with zero attached hydrogens (tertiary/aromatic N) is 1. The van der Waals surface area contributed by atoms with Gasteiger partial charge in [-0.2, -0.15) is 5.26 Å². The standard InChI is InChI=1S/C14H8ClNO2S2/c1-19-13-9(5-16)14(17)18-12-8-4-7(15)2-3-11(8)20-6-10(12)13/h2-4H,6H2,1H3. The Balaban J connectivity index is 2.37. The summed E-state index contributed by atoms with van der Waals surface area (Å²) in [5.41, 5.74) is 1.21. The molecule has 6 heteroatoms. The highest BCUT2D eigenvalue weighted by atomic mass is 35.5. The van der Waals surface area contributed by atoms with Crippen molar-refractivity contribution in [2.24, 2.45) is 0 Å². The van der Waals surface area contributed by atoms with E-state index in [1.54, 1.807) is 17.8 Å². The van der Waals surface area contributed by atoms with E-state index < -0.39 is 5.63 Å². The summed E-state index contributed by atoms with van der Waals surface area (Å²) in [6.07, 6.45) is 1.86. The first-order chi connectivity index (χ1) is 9.65. The number of benzene rings is 1. The van der Waals surface area contributed by atoms with E-state index in [-0.39, 0.29) is 5.56 Å². The third-order valence-electron chi connectivity index (χ3n) is 3.05. The van der Waals surface area contributed by atoms with Crippen molar-refractivity contribution >= 4 is 35.1 Å². The summed E-state index contributed by atoms with van der Waals surface area (Å²) in [5.74, 6) is 1.22. The second kappa shape index (κ2) is 5.21. The minimum absolute atomic E-state index is 0.0855. The molecular formula is C14H8ClNO2S2. The number of nitriles is 1. The summed E-state index contributed by atoms with van der Waals surface area (Å²) < 4.78 is 5.38. The maximum atomic E-state index is 12.0. The minimum Gasteiger partial charge on any atom is -0.421 e. The van der Waals surface area contributed by atoms with Gasteiger partial charge < -0.3 is 4.42 Å². The lowest BCUT2D eigenvalue weighted by molar-refractivity contribution is 0.511. The van der Waals surface area contributed by atoms with E-state index in [0.717, 1.165) is 16.0 Å². The predicted molar refractivity (Wildman–Crippen MR) is 81.5 cm³/mol. The van der Waals surface area contributed by atoms with Gasteiger partial charge in [0.2, 0.25) is 0 Å². The van der Waals surface area contributed by atoms with Crippen molar-refractivity contribution in [2.75, 3.05) is 6.26 Å². The van der Waals surface area contributed by atoms with Crippen molar-refractivity contribution in [1.82, 2.24) is 0 Å². The molecule has 0 saturated carbocycles. The zero-order valence-corrected chi connectivity index (χ0v) is 12.8. The molecule has 20 heavy (non-hydrogen) atoms. The van der Waals surface area contributed by atoms with Gasteiger partial charge in [-0.3, -0.25) is 0 Å². The molecule has 3 nitrogen and oxygen atoms in total. The highest BCUT2D eigenvalue weighted by Crippen LogP contribution is 2.45. The molecule has 1 aliphatic heterocycles. The number of thioether (sulfide) groups is 2. The normalized spacial score (nSPS) is 12.4. The van der Waals surface area contributed by atoms with Gasteiger partial charge in [0, 0.05) is 31.7 Å². The molecule has 1 aromatic heterocycles. The van der Waals surface area contributed by atoms with E-state index in [0.29, 0.717) is 21.4 Å². The van der Waals surface area contributed by atoms with E-state index in [1.165, 1.54) is 11.8 Å². The second-order valence-corrected chi connectivity index (χ2v) is 6.42. The van der Waals surface area contributed by atoms with Gasteiger partial charge >= 0.3 is 5.63 Å². The highest BCUT2D eigenvalue weighted by Gasteiger charge is 2.25. The van der Waals surface area contributed by atoms with Gasteiger partial charge in [0.1, 0.15) is 11.8 Å². The molecule has 0 radical (unpaired) electrons. The van der Waals surface area contributed by atoms with Crippen LogP contribution in [0.25, 0.3) is 11.3 Å². The first-order valence-electron chi connectivity index (χ1n) is 5.72. The maximum absolute atomic E-state index is 12.0. The lowest BCUT2D eigenvalue weighted by Crippen LogP contribution is -2.11. The molecule has 0 fully saturated rings. The van der Waals surface area contributed by atoms with Crippen molar-refractivity contribution in [3.8, 4) is 17.4 Å². The molecule has 0 aliphatic carbocycles. The lowest BCUT2D eigenvalue weighted by Gasteiger charge is -2.20. The summed E-state index contributed by atoms with van der Waals surface area (Å²) in [6.45, 7) is 0. The van der Waals surface area contributed by atoms with Crippen LogP contribution in [0.15, 0.2) is 37.2 Å². The van der Waals surface area contributed by atoms with E-state index in [4.69, 9.17) is 21.3 Å². The minimum atomic E-state index is -0.589. The summed E-state index contributed by atoms with van der Waals surface area (Å²) >= 11 is 9.08. The van der Waals surface area contributed by atoms with Crippen LogP contribution in [0.2, 0.25) is 5.02 Å². The molecule has 0 unspecified atom stereocenters. The first kappa shape index (κ1) is 13.6. The molecule has 2 aromatic rings. The summed E-state index contributed by atoms with van der Waals surface area (Å²) in [7, 11) is 0. The average Bonchev–Trinajstić information content (AvgIpc) is 2.45. The third-order valence-corrected chi connectivity index (χ3v) is 5.24. The van der Waals surface area contributed by atoms with Crippen molar-refractivity contribution in [3.63, 3.8) is 0 Å². The third kappa shape index (κ3) is 2.05. The molecule has 1 aromatic carbocycles. The van der Waals surface area contributed by atoms with Crippen LogP contribution in [-0.4, -0.2) is 6.26 Å². The summed E-state index contributed by atoms with van der Waals surface area (Å²) in [5, 5.41) is 9.71. The molecule has 2 heterocycles. The molecule has 3 rings (SSSR count). The van der Waals surface area contributed by atoms with Crippen LogP contribution in [0, 0.1) is 11.3 Å². The van der Waals surface area contributed by atoms with Gasteiger partial charge in [-0.05, 0) is 24.5 Å². The average molecular weight is 322 g/mol. The zero-order valence-electron chi connectivity index (χ0n) is 10.4. The van der Waals surface area contributed by atoms with Crippen molar-refractivity contribution < 1.29 is 4.42 Å². The maximum Gasteiger partial charge on any atom is 0.355 e. The van der Waals surface area contributed by atoms with Crippen molar-refractivity contribution in [3.05, 3.63) is 44.8 Å². The Morgan fingerprint density at radius 3 is 3.00 bits per heavy atom. The fourth-order valence-corrected chi connectivity index (χ4v) is 4.23. The Bertz CT molecular complexity index is 808. The SMILES string of the molecule is CSc1c2c(oc(=O)c1C#N)-c1cc(Cl)ccc1SC2. The van der Waals surface area contributed by atoms with Gasteiger partial charge in [-0.15, -0.1) is 23.5 Å². The van der Waals surface area contributed by atoms with Gasteiger partial charge in [0.05, 0.1) is 0 Å². The van der Waals surface area contributed by atoms with E-state index in [2.05, 4.69) is 0 Å². The topological polar surface area (TPSA) is 54.0 Å². The molecule has 0 N–H and O–H groups in total. The second-order valence-electron chi connectivity index (χ2n) is 4.15. The van der Waals surface area contributed by atoms with Crippen LogP contribution in [0.1, 0.15) is 11.1 Å². The smallest absolute Gasteiger partial charge is 0.355 e. The highest BCUT2D eigenvalue weighted by molar-refractivity contribution is 7.99. The number of hydrogen-bond donors (Lipinski definition) is 0. The van der Waals surface area contributed by atoms with E-state index in [1.807, 2.05) is 24.5 Å². The Morgan fingerprint density at radius 1 is 1.50 bits per heavy atom. The largest absolute Gasteiger partial charge is 0.421 e. The van der Waals surface area contributed by atoms with Crippen molar-refractivity contribution in [2.45, 2.75) is 15.5 Å². The van der Waals surface area contributed by atoms with Gasteiger partial charge in [-0.25, -0.2) is 4.79 Å². The first-order valence-corrected chi connectivity index (χ1v) is 8.31. The molecule has 1 aliphatic rings. The molecular weight excluding hydrogens is 314 g/mol.